The molecule has 1 aromatic carbocycles. The molecule has 1 aliphatic heterocycles. The van der Waals surface area contributed by atoms with Crippen LogP contribution in [-0.4, -0.2) is 76.5 Å². The highest BCUT2D eigenvalue weighted by atomic mass is 19.1. The van der Waals surface area contributed by atoms with E-state index in [0.717, 1.165) is 7.11 Å². The van der Waals surface area contributed by atoms with Crippen molar-refractivity contribution in [2.45, 2.75) is 49.9 Å². The largest absolute Gasteiger partial charge is 0.465 e. The molecule has 0 aromatic heterocycles. The van der Waals surface area contributed by atoms with Gasteiger partial charge >= 0.3 is 11.8 Å². The second-order valence-electron chi connectivity index (χ2n) is 6.51. The molecule has 27 heavy (non-hydrogen) atoms. The number of esters is 1. The van der Waals surface area contributed by atoms with Gasteiger partial charge < -0.3 is 34.6 Å². The van der Waals surface area contributed by atoms with Crippen LogP contribution >= 0.6 is 0 Å². The predicted octanol–water partition coefficient (Wildman–Crippen LogP) is -0.480. The lowest BCUT2D eigenvalue weighted by Gasteiger charge is -2.47. The van der Waals surface area contributed by atoms with E-state index in [2.05, 4.69) is 4.74 Å². The third-order valence-corrected chi connectivity index (χ3v) is 4.71. The molecule has 7 atom stereocenters. The van der Waals surface area contributed by atoms with Crippen molar-refractivity contribution < 1.29 is 43.8 Å². The highest BCUT2D eigenvalue weighted by Gasteiger charge is 2.62. The fourth-order valence-electron chi connectivity index (χ4n) is 3.01. The van der Waals surface area contributed by atoms with Crippen molar-refractivity contribution in [1.82, 2.24) is 0 Å². The summed E-state index contributed by atoms with van der Waals surface area (Å²) < 4.78 is 30.6. The average molecular weight is 388 g/mol. The lowest BCUT2D eigenvalue weighted by atomic mass is 9.83. The molecule has 0 amide bonds. The van der Waals surface area contributed by atoms with Gasteiger partial charge in [0.1, 0.15) is 12.2 Å². The van der Waals surface area contributed by atoms with Crippen molar-refractivity contribution in [1.29, 1.82) is 0 Å². The van der Waals surface area contributed by atoms with E-state index < -0.39 is 54.9 Å². The Morgan fingerprint density at radius 1 is 1.33 bits per heavy atom. The minimum absolute atomic E-state index is 0.233. The topological polar surface area (TPSA) is 126 Å². The number of hydrogen-bond donors (Lipinski definition) is 4. The molecule has 0 saturated carbocycles. The van der Waals surface area contributed by atoms with Gasteiger partial charge in [-0.05, 0) is 5.56 Å². The number of halogens is 1. The zero-order valence-corrected chi connectivity index (χ0v) is 15.1. The summed E-state index contributed by atoms with van der Waals surface area (Å²) in [6.45, 7) is 0.357. The summed E-state index contributed by atoms with van der Waals surface area (Å²) in [6, 6.07) is 8.57. The molecule has 0 bridgehead atoms. The summed E-state index contributed by atoms with van der Waals surface area (Å²) in [5, 5.41) is 39.3. The number of carbonyl (C=O) groups excluding carboxylic acids is 1. The zero-order valence-electron chi connectivity index (χ0n) is 15.1. The second-order valence-corrected chi connectivity index (χ2v) is 6.51. The molecule has 1 aromatic rings. The molecule has 0 aliphatic carbocycles. The van der Waals surface area contributed by atoms with E-state index in [9.17, 15) is 20.1 Å². The molecular formula is C18H25FO8. The summed E-state index contributed by atoms with van der Waals surface area (Å²) >= 11 is 0. The fourth-order valence-corrected chi connectivity index (χ4v) is 3.01. The average Bonchev–Trinajstić information content (AvgIpc) is 2.70. The molecule has 0 spiro atoms. The van der Waals surface area contributed by atoms with E-state index in [-0.39, 0.29) is 6.61 Å². The summed E-state index contributed by atoms with van der Waals surface area (Å²) in [4.78, 5) is 12.4. The molecule has 4 N–H and O–H groups in total. The van der Waals surface area contributed by atoms with E-state index in [1.807, 2.05) is 0 Å². The number of rotatable bonds is 7. The van der Waals surface area contributed by atoms with Gasteiger partial charge in [0.25, 0.3) is 0 Å². The van der Waals surface area contributed by atoms with E-state index in [1.165, 1.54) is 6.92 Å². The van der Waals surface area contributed by atoms with Crippen molar-refractivity contribution in [2.75, 3.05) is 13.7 Å². The van der Waals surface area contributed by atoms with Crippen LogP contribution in [0.3, 0.4) is 0 Å². The van der Waals surface area contributed by atoms with E-state index in [0.29, 0.717) is 5.56 Å². The number of benzene rings is 1. The van der Waals surface area contributed by atoms with Crippen molar-refractivity contribution in [2.24, 2.45) is 5.92 Å². The fraction of sp³-hybridized carbons (Fsp3) is 0.611. The first-order valence-corrected chi connectivity index (χ1v) is 8.51. The summed E-state index contributed by atoms with van der Waals surface area (Å²) in [5.41, 5.74) is 0.609. The standard InChI is InChI=1S/C18H25FO8/c1-10-13(22)16(19)18(17(24)25-2,26-9-11-6-4-3-5-7-11)27-15(10)14(23)12(21)8-20/h3-7,10,12-16,20-23H,8-9H2,1-2H3. The molecular weight excluding hydrogens is 363 g/mol. The minimum atomic E-state index is -2.64. The molecule has 1 saturated heterocycles. The number of carbonyl (C=O) groups is 1. The summed E-state index contributed by atoms with van der Waals surface area (Å²) in [7, 11) is 1.00. The van der Waals surface area contributed by atoms with Crippen LogP contribution in [0.2, 0.25) is 0 Å². The Labute approximate surface area is 156 Å². The van der Waals surface area contributed by atoms with Gasteiger partial charge in [-0.1, -0.05) is 37.3 Å². The quantitative estimate of drug-likeness (QED) is 0.462. The number of hydrogen-bond acceptors (Lipinski definition) is 8. The minimum Gasteiger partial charge on any atom is -0.465 e. The first kappa shape index (κ1) is 21.7. The third-order valence-electron chi connectivity index (χ3n) is 4.71. The summed E-state index contributed by atoms with van der Waals surface area (Å²) in [5.74, 6) is -4.88. The lowest BCUT2D eigenvalue weighted by Crippen LogP contribution is -2.67. The maximum Gasteiger partial charge on any atom is 0.370 e. The van der Waals surface area contributed by atoms with Crippen molar-refractivity contribution in [3.8, 4) is 0 Å². The van der Waals surface area contributed by atoms with Gasteiger partial charge in [0.15, 0.2) is 6.17 Å². The summed E-state index contributed by atoms with van der Waals surface area (Å²) in [6.07, 6.45) is -8.77. The van der Waals surface area contributed by atoms with Gasteiger partial charge in [0.2, 0.25) is 0 Å². The van der Waals surface area contributed by atoms with Gasteiger partial charge in [-0.3, -0.25) is 0 Å². The van der Waals surface area contributed by atoms with Crippen LogP contribution in [0.5, 0.6) is 0 Å². The molecule has 9 heteroatoms. The van der Waals surface area contributed by atoms with Crippen LogP contribution < -0.4 is 0 Å². The Kier molecular flexibility index (Phi) is 7.26. The van der Waals surface area contributed by atoms with Gasteiger partial charge in [-0.2, -0.15) is 0 Å². The highest BCUT2D eigenvalue weighted by Crippen LogP contribution is 2.39. The molecule has 8 nitrogen and oxygen atoms in total. The van der Waals surface area contributed by atoms with E-state index in [1.54, 1.807) is 30.3 Å². The van der Waals surface area contributed by atoms with Crippen LogP contribution in [0.4, 0.5) is 4.39 Å². The van der Waals surface area contributed by atoms with Crippen LogP contribution in [0, 0.1) is 5.92 Å². The van der Waals surface area contributed by atoms with E-state index in [4.69, 9.17) is 14.6 Å². The van der Waals surface area contributed by atoms with Gasteiger partial charge in [0, 0.05) is 5.92 Å². The monoisotopic (exact) mass is 388 g/mol. The Morgan fingerprint density at radius 3 is 2.52 bits per heavy atom. The maximum absolute atomic E-state index is 15.0. The molecule has 1 aliphatic rings. The number of aliphatic hydroxyl groups excluding tert-OH is 4. The second kappa shape index (κ2) is 9.05. The number of alkyl halides is 1. The van der Waals surface area contributed by atoms with Crippen molar-refractivity contribution in [3.05, 3.63) is 35.9 Å². The molecule has 2 rings (SSSR count). The SMILES string of the molecule is COC(=O)C1(OCc2ccccc2)OC(C(O)C(O)CO)C(C)C(O)C1F. The normalized spacial score (nSPS) is 33.3. The van der Waals surface area contributed by atoms with Gasteiger partial charge in [-0.15, -0.1) is 0 Å². The molecule has 0 radical (unpaired) electrons. The molecule has 1 fully saturated rings. The number of ether oxygens (including phenoxy) is 3. The Morgan fingerprint density at radius 2 is 1.96 bits per heavy atom. The van der Waals surface area contributed by atoms with Gasteiger partial charge in [0.05, 0.1) is 32.5 Å². The van der Waals surface area contributed by atoms with Crippen LogP contribution in [0.1, 0.15) is 12.5 Å². The molecule has 1 heterocycles. The molecule has 152 valence electrons. The number of methoxy groups -OCH3 is 1. The number of aliphatic hydroxyl groups is 4. The predicted molar refractivity (Wildman–Crippen MR) is 90.0 cm³/mol. The Bertz CT molecular complexity index is 611. The van der Waals surface area contributed by atoms with Crippen LogP contribution in [0.25, 0.3) is 0 Å². The lowest BCUT2D eigenvalue weighted by molar-refractivity contribution is -0.346. The zero-order chi connectivity index (χ0) is 20.2. The van der Waals surface area contributed by atoms with Crippen molar-refractivity contribution in [3.63, 3.8) is 0 Å². The first-order chi connectivity index (χ1) is 12.8. The van der Waals surface area contributed by atoms with E-state index >= 15 is 4.39 Å². The third kappa shape index (κ3) is 4.29. The van der Waals surface area contributed by atoms with Crippen LogP contribution in [-0.2, 0) is 25.6 Å². The highest BCUT2D eigenvalue weighted by molar-refractivity contribution is 5.79. The van der Waals surface area contributed by atoms with Gasteiger partial charge in [-0.25, -0.2) is 9.18 Å². The Hall–Kier alpha value is -1.62. The van der Waals surface area contributed by atoms with Crippen molar-refractivity contribution >= 4 is 5.97 Å². The maximum atomic E-state index is 15.0. The smallest absolute Gasteiger partial charge is 0.370 e. The Balaban J connectivity index is 2.35. The van der Waals surface area contributed by atoms with Crippen LogP contribution in [0.15, 0.2) is 30.3 Å². The molecule has 7 unspecified atom stereocenters. The first-order valence-electron chi connectivity index (χ1n) is 8.51.